The molecule has 2 aromatic carbocycles. The van der Waals surface area contributed by atoms with Crippen LogP contribution in [0, 0.1) is 6.92 Å². The summed E-state index contributed by atoms with van der Waals surface area (Å²) < 4.78 is 43.7. The first-order chi connectivity index (χ1) is 10.2. The van der Waals surface area contributed by atoms with Crippen LogP contribution in [-0.4, -0.2) is 18.2 Å². The van der Waals surface area contributed by atoms with E-state index >= 15 is 0 Å². The molecule has 0 fully saturated rings. The molecule has 0 saturated heterocycles. The van der Waals surface area contributed by atoms with Crippen LogP contribution in [0.4, 0.5) is 13.2 Å². The second-order valence-corrected chi connectivity index (χ2v) is 4.77. The Bertz CT molecular complexity index is 721. The number of carboxylic acid groups (broad SMARTS) is 1. The van der Waals surface area contributed by atoms with Crippen molar-refractivity contribution in [3.8, 4) is 16.9 Å². The van der Waals surface area contributed by atoms with Gasteiger partial charge in [-0.1, -0.05) is 17.7 Å². The SMILES string of the molecule is COc1ccc(C(F)(F)F)cc1-c1ccc(C)cc1C(=O)O. The molecule has 0 atom stereocenters. The fourth-order valence-corrected chi connectivity index (χ4v) is 2.16. The van der Waals surface area contributed by atoms with Gasteiger partial charge in [-0.25, -0.2) is 4.79 Å². The third-order valence-electron chi connectivity index (χ3n) is 3.22. The van der Waals surface area contributed by atoms with E-state index in [0.29, 0.717) is 5.56 Å². The number of carboxylic acids is 1. The van der Waals surface area contributed by atoms with Gasteiger partial charge in [-0.3, -0.25) is 0 Å². The summed E-state index contributed by atoms with van der Waals surface area (Å²) in [5.41, 5.74) is 0.0423. The largest absolute Gasteiger partial charge is 0.496 e. The van der Waals surface area contributed by atoms with Crippen LogP contribution in [0.2, 0.25) is 0 Å². The van der Waals surface area contributed by atoms with Crippen molar-refractivity contribution in [3.05, 3.63) is 53.1 Å². The molecule has 6 heteroatoms. The van der Waals surface area contributed by atoms with Gasteiger partial charge in [0.1, 0.15) is 5.75 Å². The molecule has 0 saturated carbocycles. The Labute approximate surface area is 125 Å². The molecule has 0 aliphatic carbocycles. The number of hydrogen-bond acceptors (Lipinski definition) is 2. The summed E-state index contributed by atoms with van der Waals surface area (Å²) in [5, 5.41) is 9.28. The van der Waals surface area contributed by atoms with Crippen LogP contribution in [0.3, 0.4) is 0 Å². The summed E-state index contributed by atoms with van der Waals surface area (Å²) in [6, 6.07) is 7.52. The van der Waals surface area contributed by atoms with Gasteiger partial charge < -0.3 is 9.84 Å². The molecule has 2 aromatic rings. The van der Waals surface area contributed by atoms with Crippen LogP contribution in [0.1, 0.15) is 21.5 Å². The van der Waals surface area contributed by atoms with Crippen molar-refractivity contribution in [2.45, 2.75) is 13.1 Å². The fourth-order valence-electron chi connectivity index (χ4n) is 2.16. The predicted octanol–water partition coefficient (Wildman–Crippen LogP) is 4.39. The van der Waals surface area contributed by atoms with Crippen molar-refractivity contribution in [2.75, 3.05) is 7.11 Å². The normalized spacial score (nSPS) is 11.3. The first-order valence-electron chi connectivity index (χ1n) is 6.33. The second-order valence-electron chi connectivity index (χ2n) is 4.77. The lowest BCUT2D eigenvalue weighted by Crippen LogP contribution is -2.06. The van der Waals surface area contributed by atoms with Gasteiger partial charge in [-0.15, -0.1) is 0 Å². The summed E-state index contributed by atoms with van der Waals surface area (Å²) in [4.78, 5) is 11.4. The molecule has 0 aromatic heterocycles. The molecule has 0 unspecified atom stereocenters. The Morgan fingerprint density at radius 1 is 1.09 bits per heavy atom. The van der Waals surface area contributed by atoms with Gasteiger partial charge in [-0.05, 0) is 36.8 Å². The first-order valence-corrected chi connectivity index (χ1v) is 6.33. The molecule has 3 nitrogen and oxygen atoms in total. The highest BCUT2D eigenvalue weighted by Crippen LogP contribution is 2.38. The van der Waals surface area contributed by atoms with Gasteiger partial charge in [0.2, 0.25) is 0 Å². The van der Waals surface area contributed by atoms with E-state index in [1.165, 1.54) is 25.3 Å². The van der Waals surface area contributed by atoms with E-state index in [9.17, 15) is 23.1 Å². The van der Waals surface area contributed by atoms with Crippen molar-refractivity contribution in [1.82, 2.24) is 0 Å². The van der Waals surface area contributed by atoms with Gasteiger partial charge in [0.25, 0.3) is 0 Å². The van der Waals surface area contributed by atoms with Gasteiger partial charge >= 0.3 is 12.1 Å². The Morgan fingerprint density at radius 3 is 2.32 bits per heavy atom. The van der Waals surface area contributed by atoms with Gasteiger partial charge in [0.15, 0.2) is 0 Å². The molecule has 116 valence electrons. The predicted molar refractivity (Wildman–Crippen MR) is 75.1 cm³/mol. The van der Waals surface area contributed by atoms with Crippen molar-refractivity contribution in [2.24, 2.45) is 0 Å². The van der Waals surface area contributed by atoms with Gasteiger partial charge in [-0.2, -0.15) is 13.2 Å². The van der Waals surface area contributed by atoms with Crippen LogP contribution in [-0.2, 0) is 6.18 Å². The number of hydrogen-bond donors (Lipinski definition) is 1. The third kappa shape index (κ3) is 3.05. The van der Waals surface area contributed by atoms with Crippen LogP contribution < -0.4 is 4.74 Å². The number of aromatic carboxylic acids is 1. The number of rotatable bonds is 3. The lowest BCUT2D eigenvalue weighted by Gasteiger charge is -2.15. The molecule has 22 heavy (non-hydrogen) atoms. The lowest BCUT2D eigenvalue weighted by molar-refractivity contribution is -0.137. The maximum Gasteiger partial charge on any atom is 0.416 e. The number of ether oxygens (including phenoxy) is 1. The lowest BCUT2D eigenvalue weighted by atomic mass is 9.95. The molecular weight excluding hydrogens is 297 g/mol. The number of alkyl halides is 3. The summed E-state index contributed by atoms with van der Waals surface area (Å²) in [6.45, 7) is 1.71. The Hall–Kier alpha value is -2.50. The fraction of sp³-hybridized carbons (Fsp3) is 0.188. The average Bonchev–Trinajstić information content (AvgIpc) is 2.45. The number of aryl methyl sites for hydroxylation is 1. The van der Waals surface area contributed by atoms with E-state index in [2.05, 4.69) is 0 Å². The topological polar surface area (TPSA) is 46.5 Å². The van der Waals surface area contributed by atoms with Crippen molar-refractivity contribution < 1.29 is 27.8 Å². The summed E-state index contributed by atoms with van der Waals surface area (Å²) in [7, 11) is 1.32. The average molecular weight is 310 g/mol. The Balaban J connectivity index is 2.73. The third-order valence-corrected chi connectivity index (χ3v) is 3.22. The maximum atomic E-state index is 12.9. The minimum absolute atomic E-state index is 0.0716. The second kappa shape index (κ2) is 5.71. The van der Waals surface area contributed by atoms with E-state index in [4.69, 9.17) is 4.74 Å². The van der Waals surface area contributed by atoms with Crippen LogP contribution >= 0.6 is 0 Å². The molecule has 0 heterocycles. The zero-order valence-electron chi connectivity index (χ0n) is 11.9. The van der Waals surface area contributed by atoms with Crippen molar-refractivity contribution in [1.29, 1.82) is 0 Å². The highest BCUT2D eigenvalue weighted by molar-refractivity contribution is 5.97. The van der Waals surface area contributed by atoms with Crippen LogP contribution in [0.5, 0.6) is 5.75 Å². The number of carbonyl (C=O) groups is 1. The van der Waals surface area contributed by atoms with Crippen molar-refractivity contribution in [3.63, 3.8) is 0 Å². The van der Waals surface area contributed by atoms with Crippen LogP contribution in [0.15, 0.2) is 36.4 Å². The van der Waals surface area contributed by atoms with Gasteiger partial charge in [0.05, 0.1) is 18.2 Å². The first kappa shape index (κ1) is 15.9. The Kier molecular flexibility index (Phi) is 4.12. The minimum atomic E-state index is -4.52. The van der Waals surface area contributed by atoms with E-state index in [-0.39, 0.29) is 22.4 Å². The zero-order chi connectivity index (χ0) is 16.5. The van der Waals surface area contributed by atoms with Crippen LogP contribution in [0.25, 0.3) is 11.1 Å². The summed E-state index contributed by atoms with van der Waals surface area (Å²) >= 11 is 0. The zero-order valence-corrected chi connectivity index (χ0v) is 11.9. The van der Waals surface area contributed by atoms with Crippen molar-refractivity contribution >= 4 is 5.97 Å². The summed E-state index contributed by atoms with van der Waals surface area (Å²) in [5.74, 6) is -1.03. The number of benzene rings is 2. The highest BCUT2D eigenvalue weighted by atomic mass is 19.4. The quantitative estimate of drug-likeness (QED) is 0.914. The minimum Gasteiger partial charge on any atom is -0.496 e. The number of halogens is 3. The molecule has 0 radical (unpaired) electrons. The van der Waals surface area contributed by atoms with E-state index < -0.39 is 17.7 Å². The summed E-state index contributed by atoms with van der Waals surface area (Å²) in [6.07, 6.45) is -4.52. The van der Waals surface area contributed by atoms with E-state index in [1.807, 2.05) is 0 Å². The molecular formula is C16H13F3O3. The number of methoxy groups -OCH3 is 1. The molecule has 0 aliphatic rings. The molecule has 0 bridgehead atoms. The van der Waals surface area contributed by atoms with E-state index in [0.717, 1.165) is 12.1 Å². The monoisotopic (exact) mass is 310 g/mol. The molecule has 1 N–H and O–H groups in total. The van der Waals surface area contributed by atoms with Gasteiger partial charge in [0, 0.05) is 5.56 Å². The smallest absolute Gasteiger partial charge is 0.416 e. The molecule has 2 rings (SSSR count). The Morgan fingerprint density at radius 2 is 1.77 bits per heavy atom. The standard InChI is InChI=1S/C16H13F3O3/c1-9-3-5-11(13(7-9)15(20)21)12-8-10(16(17,18)19)4-6-14(12)22-2/h3-8H,1-2H3,(H,20,21). The molecule has 0 aliphatic heterocycles. The maximum absolute atomic E-state index is 12.9. The van der Waals surface area contributed by atoms with E-state index in [1.54, 1.807) is 13.0 Å². The highest BCUT2D eigenvalue weighted by Gasteiger charge is 2.31. The molecule has 0 spiro atoms. The molecule has 0 amide bonds.